The zero-order chi connectivity index (χ0) is 21.7. The number of anilines is 1. The first-order chi connectivity index (χ1) is 14.4. The molecule has 5 nitrogen and oxygen atoms in total. The molecule has 0 N–H and O–H groups in total. The highest BCUT2D eigenvalue weighted by molar-refractivity contribution is 7.22. The van der Waals surface area contributed by atoms with Crippen LogP contribution in [0.3, 0.4) is 0 Å². The summed E-state index contributed by atoms with van der Waals surface area (Å²) in [7, 11) is 0. The highest BCUT2D eigenvalue weighted by Crippen LogP contribution is 2.33. The Bertz CT molecular complexity index is 1010. The SMILES string of the molecule is CCN(CC)CCN(C(=O)COc1ccc(F)cc1)c1nc2c(C)c(Cl)ccc2s1. The number of aromatic nitrogens is 1. The van der Waals surface area contributed by atoms with Crippen LogP contribution in [0.1, 0.15) is 19.4 Å². The molecule has 0 aliphatic heterocycles. The molecular weight excluding hydrogens is 425 g/mol. The number of hydrogen-bond acceptors (Lipinski definition) is 5. The minimum Gasteiger partial charge on any atom is -0.484 e. The maximum Gasteiger partial charge on any atom is 0.266 e. The summed E-state index contributed by atoms with van der Waals surface area (Å²) in [6.45, 7) is 8.99. The number of hydrogen-bond donors (Lipinski definition) is 0. The van der Waals surface area contributed by atoms with Crippen molar-refractivity contribution in [3.8, 4) is 5.75 Å². The van der Waals surface area contributed by atoms with Crippen LogP contribution >= 0.6 is 22.9 Å². The fourth-order valence-electron chi connectivity index (χ4n) is 3.07. The number of ether oxygens (including phenoxy) is 1. The van der Waals surface area contributed by atoms with Gasteiger partial charge in [-0.1, -0.05) is 36.8 Å². The Labute approximate surface area is 185 Å². The molecule has 2 aromatic carbocycles. The van der Waals surface area contributed by atoms with Crippen LogP contribution in [0.2, 0.25) is 5.02 Å². The highest BCUT2D eigenvalue weighted by Gasteiger charge is 2.22. The molecule has 0 bridgehead atoms. The van der Waals surface area contributed by atoms with Gasteiger partial charge in [-0.2, -0.15) is 0 Å². The number of nitrogens with zero attached hydrogens (tertiary/aromatic N) is 3. The van der Waals surface area contributed by atoms with Crippen molar-refractivity contribution in [2.45, 2.75) is 20.8 Å². The topological polar surface area (TPSA) is 45.7 Å². The van der Waals surface area contributed by atoms with Gasteiger partial charge in [-0.15, -0.1) is 0 Å². The number of likely N-dealkylation sites (N-methyl/N-ethyl adjacent to an activating group) is 1. The van der Waals surface area contributed by atoms with Crippen molar-refractivity contribution in [3.63, 3.8) is 0 Å². The van der Waals surface area contributed by atoms with Gasteiger partial charge < -0.3 is 9.64 Å². The van der Waals surface area contributed by atoms with Crippen LogP contribution in [0.4, 0.5) is 9.52 Å². The maximum atomic E-state index is 13.1. The Morgan fingerprint density at radius 3 is 2.50 bits per heavy atom. The Balaban J connectivity index is 1.83. The summed E-state index contributed by atoms with van der Waals surface area (Å²) in [6, 6.07) is 9.39. The molecule has 1 heterocycles. The van der Waals surface area contributed by atoms with Gasteiger partial charge >= 0.3 is 0 Å². The fraction of sp³-hybridized carbons (Fsp3) is 0.364. The molecule has 0 spiro atoms. The van der Waals surface area contributed by atoms with E-state index < -0.39 is 0 Å². The molecule has 0 atom stereocenters. The molecule has 30 heavy (non-hydrogen) atoms. The average molecular weight is 450 g/mol. The number of halogens is 2. The van der Waals surface area contributed by atoms with Crippen LogP contribution in [-0.4, -0.2) is 48.6 Å². The zero-order valence-corrected chi connectivity index (χ0v) is 18.9. The van der Waals surface area contributed by atoms with Gasteiger partial charge in [0, 0.05) is 18.1 Å². The lowest BCUT2D eigenvalue weighted by Crippen LogP contribution is -2.41. The molecule has 0 aliphatic carbocycles. The van der Waals surface area contributed by atoms with Crippen LogP contribution < -0.4 is 9.64 Å². The number of rotatable bonds is 9. The van der Waals surface area contributed by atoms with E-state index in [1.807, 2.05) is 19.1 Å². The van der Waals surface area contributed by atoms with Gasteiger partial charge in [0.1, 0.15) is 11.6 Å². The number of benzene rings is 2. The van der Waals surface area contributed by atoms with Crippen molar-refractivity contribution in [1.29, 1.82) is 0 Å². The average Bonchev–Trinajstić information content (AvgIpc) is 3.18. The van der Waals surface area contributed by atoms with Crippen molar-refractivity contribution >= 4 is 44.2 Å². The van der Waals surface area contributed by atoms with Gasteiger partial charge in [-0.3, -0.25) is 9.69 Å². The number of fused-ring (bicyclic) bond motifs is 1. The summed E-state index contributed by atoms with van der Waals surface area (Å²) in [4.78, 5) is 21.7. The largest absolute Gasteiger partial charge is 0.484 e. The summed E-state index contributed by atoms with van der Waals surface area (Å²) in [5, 5.41) is 1.27. The molecule has 0 fully saturated rings. The predicted molar refractivity (Wildman–Crippen MR) is 121 cm³/mol. The van der Waals surface area contributed by atoms with Crippen molar-refractivity contribution in [1.82, 2.24) is 9.88 Å². The quantitative estimate of drug-likeness (QED) is 0.453. The molecule has 1 aromatic heterocycles. The van der Waals surface area contributed by atoms with Crippen LogP contribution in [-0.2, 0) is 4.79 Å². The summed E-state index contributed by atoms with van der Waals surface area (Å²) < 4.78 is 19.7. The highest BCUT2D eigenvalue weighted by atomic mass is 35.5. The Morgan fingerprint density at radius 1 is 1.13 bits per heavy atom. The van der Waals surface area contributed by atoms with Gasteiger partial charge in [0.25, 0.3) is 5.91 Å². The fourth-order valence-corrected chi connectivity index (χ4v) is 4.29. The Hall–Kier alpha value is -2.22. The van der Waals surface area contributed by atoms with E-state index in [-0.39, 0.29) is 18.3 Å². The lowest BCUT2D eigenvalue weighted by atomic mass is 10.2. The monoisotopic (exact) mass is 449 g/mol. The Morgan fingerprint density at radius 2 is 1.83 bits per heavy atom. The normalized spacial score (nSPS) is 11.3. The number of amides is 1. The molecule has 3 rings (SSSR count). The third-order valence-electron chi connectivity index (χ3n) is 4.98. The maximum absolute atomic E-state index is 13.1. The van der Waals surface area contributed by atoms with Crippen LogP contribution in [0.5, 0.6) is 5.75 Å². The number of carbonyl (C=O) groups excluding carboxylic acids is 1. The molecule has 160 valence electrons. The minimum atomic E-state index is -0.349. The number of carbonyl (C=O) groups is 1. The van der Waals surface area contributed by atoms with Gasteiger partial charge in [0.05, 0.1) is 10.2 Å². The van der Waals surface area contributed by atoms with E-state index in [1.165, 1.54) is 35.6 Å². The van der Waals surface area contributed by atoms with Crippen molar-refractivity contribution in [2.75, 3.05) is 37.7 Å². The van der Waals surface area contributed by atoms with Crippen molar-refractivity contribution in [2.24, 2.45) is 0 Å². The first-order valence-electron chi connectivity index (χ1n) is 9.89. The van der Waals surface area contributed by atoms with E-state index >= 15 is 0 Å². The minimum absolute atomic E-state index is 0.153. The lowest BCUT2D eigenvalue weighted by molar-refractivity contribution is -0.120. The summed E-state index contributed by atoms with van der Waals surface area (Å²) in [5.74, 6) is -0.104. The van der Waals surface area contributed by atoms with E-state index in [0.29, 0.717) is 22.4 Å². The Kier molecular flexibility index (Phi) is 7.64. The van der Waals surface area contributed by atoms with E-state index in [9.17, 15) is 9.18 Å². The van der Waals surface area contributed by atoms with Gasteiger partial charge in [-0.05, 0) is 62.0 Å². The van der Waals surface area contributed by atoms with Crippen molar-refractivity contribution in [3.05, 3.63) is 52.8 Å². The summed E-state index contributed by atoms with van der Waals surface area (Å²) in [5.41, 5.74) is 1.71. The van der Waals surface area contributed by atoms with E-state index in [2.05, 4.69) is 18.7 Å². The summed E-state index contributed by atoms with van der Waals surface area (Å²) >= 11 is 7.70. The third kappa shape index (κ3) is 5.28. The van der Waals surface area contributed by atoms with E-state index in [0.717, 1.165) is 35.4 Å². The van der Waals surface area contributed by atoms with Crippen molar-refractivity contribution < 1.29 is 13.9 Å². The van der Waals surface area contributed by atoms with Crippen LogP contribution in [0.15, 0.2) is 36.4 Å². The molecule has 3 aromatic rings. The van der Waals surface area contributed by atoms with Crippen LogP contribution in [0.25, 0.3) is 10.2 Å². The second-order valence-corrected chi connectivity index (χ2v) is 8.25. The number of thiazole rings is 1. The smallest absolute Gasteiger partial charge is 0.266 e. The molecule has 0 radical (unpaired) electrons. The first-order valence-corrected chi connectivity index (χ1v) is 11.1. The summed E-state index contributed by atoms with van der Waals surface area (Å²) in [6.07, 6.45) is 0. The van der Waals surface area contributed by atoms with Gasteiger partial charge in [-0.25, -0.2) is 9.37 Å². The van der Waals surface area contributed by atoms with E-state index in [1.54, 1.807) is 4.90 Å². The standard InChI is InChI=1S/C22H25ClFN3O2S/c1-4-26(5-2)12-13-27(20(28)14-29-17-8-6-16(24)7-9-17)22-25-21-15(3)18(23)10-11-19(21)30-22/h6-11H,4-5,12-14H2,1-3H3. The van der Waals surface area contributed by atoms with Gasteiger partial charge in [0.2, 0.25) is 0 Å². The molecule has 0 aliphatic rings. The zero-order valence-electron chi connectivity index (χ0n) is 17.3. The molecule has 8 heteroatoms. The lowest BCUT2D eigenvalue weighted by Gasteiger charge is -2.24. The molecule has 0 saturated heterocycles. The second-order valence-electron chi connectivity index (χ2n) is 6.83. The molecule has 1 amide bonds. The number of aryl methyl sites for hydroxylation is 1. The van der Waals surface area contributed by atoms with Crippen LogP contribution in [0, 0.1) is 12.7 Å². The molecule has 0 unspecified atom stereocenters. The predicted octanol–water partition coefficient (Wildman–Crippen LogP) is 5.15. The van der Waals surface area contributed by atoms with Gasteiger partial charge in [0.15, 0.2) is 11.7 Å². The first kappa shape index (κ1) is 22.5. The molecule has 0 saturated carbocycles. The molecular formula is C22H25ClFN3O2S. The van der Waals surface area contributed by atoms with E-state index in [4.69, 9.17) is 21.3 Å². The third-order valence-corrected chi connectivity index (χ3v) is 6.43. The second kappa shape index (κ2) is 10.2.